The van der Waals surface area contributed by atoms with Gasteiger partial charge in [0.2, 0.25) is 10.0 Å². The Morgan fingerprint density at radius 3 is 2.30 bits per heavy atom. The van der Waals surface area contributed by atoms with Crippen LogP contribution in [0, 0.1) is 6.92 Å². The summed E-state index contributed by atoms with van der Waals surface area (Å²) in [7, 11) is -3.83. The highest BCUT2D eigenvalue weighted by Gasteiger charge is 2.18. The van der Waals surface area contributed by atoms with E-state index in [9.17, 15) is 18.0 Å². The molecule has 0 fully saturated rings. The minimum absolute atomic E-state index is 0.0616. The van der Waals surface area contributed by atoms with Gasteiger partial charge in [-0.15, -0.1) is 0 Å². The highest BCUT2D eigenvalue weighted by atomic mass is 32.2. The van der Waals surface area contributed by atoms with Crippen molar-refractivity contribution in [2.75, 3.05) is 0 Å². The summed E-state index contributed by atoms with van der Waals surface area (Å²) in [5.41, 5.74) is 6.51. The van der Waals surface area contributed by atoms with Crippen LogP contribution in [0.2, 0.25) is 0 Å². The summed E-state index contributed by atoms with van der Waals surface area (Å²) < 4.78 is 33.3. The number of hydrogen-bond acceptors (Lipinski definition) is 5. The van der Waals surface area contributed by atoms with Gasteiger partial charge in [0.1, 0.15) is 5.75 Å². The molecule has 3 aromatic carbocycles. The minimum Gasteiger partial charge on any atom is -0.481 e. The van der Waals surface area contributed by atoms with Crippen molar-refractivity contribution in [3.8, 4) is 5.75 Å². The molecule has 9 heteroatoms. The third-order valence-corrected chi connectivity index (χ3v) is 6.12. The standard InChI is InChI=1S/C24H25N3O5S/c1-17-11-13-21(14-12-17)32-18(2)23(28)26-27-24(29)20-9-6-10-22(15-20)33(30,31)25-16-19-7-4-3-5-8-19/h3-15,18,25H,16H2,1-2H3,(H,26,28)(H,27,29). The number of rotatable bonds is 8. The van der Waals surface area contributed by atoms with Gasteiger partial charge in [0.05, 0.1) is 4.90 Å². The first kappa shape index (κ1) is 24.0. The molecule has 172 valence electrons. The largest absolute Gasteiger partial charge is 0.481 e. The Kier molecular flexibility index (Phi) is 7.81. The Morgan fingerprint density at radius 1 is 0.909 bits per heavy atom. The van der Waals surface area contributed by atoms with Crippen LogP contribution in [0.1, 0.15) is 28.4 Å². The van der Waals surface area contributed by atoms with Crippen molar-refractivity contribution in [2.45, 2.75) is 31.4 Å². The van der Waals surface area contributed by atoms with Crippen molar-refractivity contribution in [1.82, 2.24) is 15.6 Å². The SMILES string of the molecule is Cc1ccc(OC(C)C(=O)NNC(=O)c2cccc(S(=O)(=O)NCc3ccccc3)c2)cc1. The molecule has 0 spiro atoms. The van der Waals surface area contributed by atoms with Crippen molar-refractivity contribution < 1.29 is 22.7 Å². The molecule has 0 aromatic heterocycles. The summed E-state index contributed by atoms with van der Waals surface area (Å²) in [6.07, 6.45) is -0.859. The number of carbonyl (C=O) groups is 2. The van der Waals surface area contributed by atoms with E-state index in [1.165, 1.54) is 24.3 Å². The molecule has 0 saturated carbocycles. The molecule has 0 bridgehead atoms. The molecular weight excluding hydrogens is 442 g/mol. The molecule has 0 aliphatic rings. The number of hydrogen-bond donors (Lipinski definition) is 3. The normalized spacial score (nSPS) is 11.9. The van der Waals surface area contributed by atoms with Crippen molar-refractivity contribution in [2.24, 2.45) is 0 Å². The van der Waals surface area contributed by atoms with E-state index in [1.54, 1.807) is 31.2 Å². The van der Waals surface area contributed by atoms with Gasteiger partial charge in [-0.3, -0.25) is 20.4 Å². The third kappa shape index (κ3) is 6.90. The van der Waals surface area contributed by atoms with Gasteiger partial charge in [-0.1, -0.05) is 54.1 Å². The third-order valence-electron chi connectivity index (χ3n) is 4.72. The molecular formula is C24H25N3O5S. The van der Waals surface area contributed by atoms with Crippen molar-refractivity contribution in [1.29, 1.82) is 0 Å². The van der Waals surface area contributed by atoms with Crippen LogP contribution in [0.3, 0.4) is 0 Å². The van der Waals surface area contributed by atoms with Gasteiger partial charge in [-0.2, -0.15) is 0 Å². The van der Waals surface area contributed by atoms with Gasteiger partial charge in [0.15, 0.2) is 6.10 Å². The number of benzene rings is 3. The van der Waals surface area contributed by atoms with E-state index in [4.69, 9.17) is 4.74 Å². The van der Waals surface area contributed by atoms with E-state index in [1.807, 2.05) is 37.3 Å². The number of sulfonamides is 1. The van der Waals surface area contributed by atoms with E-state index in [0.717, 1.165) is 11.1 Å². The predicted molar refractivity (Wildman–Crippen MR) is 124 cm³/mol. The lowest BCUT2D eigenvalue weighted by Crippen LogP contribution is -2.47. The zero-order valence-corrected chi connectivity index (χ0v) is 19.1. The van der Waals surface area contributed by atoms with E-state index >= 15 is 0 Å². The summed E-state index contributed by atoms with van der Waals surface area (Å²) in [5.74, 6) is -0.696. The first-order valence-corrected chi connectivity index (χ1v) is 11.7. The molecule has 0 radical (unpaired) electrons. The number of nitrogens with one attached hydrogen (secondary N) is 3. The quantitative estimate of drug-likeness (QED) is 0.441. The van der Waals surface area contributed by atoms with Crippen LogP contribution in [0.4, 0.5) is 0 Å². The number of amides is 2. The summed E-state index contributed by atoms with van der Waals surface area (Å²) in [5, 5.41) is 0. The van der Waals surface area contributed by atoms with Crippen LogP contribution in [0.15, 0.2) is 83.8 Å². The fourth-order valence-corrected chi connectivity index (χ4v) is 3.89. The monoisotopic (exact) mass is 467 g/mol. The molecule has 8 nitrogen and oxygen atoms in total. The molecule has 1 atom stereocenters. The fourth-order valence-electron chi connectivity index (χ4n) is 2.83. The van der Waals surface area contributed by atoms with Crippen LogP contribution >= 0.6 is 0 Å². The van der Waals surface area contributed by atoms with Crippen LogP contribution in [0.25, 0.3) is 0 Å². The Hall–Kier alpha value is -3.69. The minimum atomic E-state index is -3.83. The van der Waals surface area contributed by atoms with Crippen LogP contribution in [-0.4, -0.2) is 26.3 Å². The molecule has 0 heterocycles. The summed E-state index contributed by atoms with van der Waals surface area (Å²) in [6.45, 7) is 3.61. The first-order chi connectivity index (χ1) is 15.7. The summed E-state index contributed by atoms with van der Waals surface area (Å²) >= 11 is 0. The predicted octanol–water partition coefficient (Wildman–Crippen LogP) is 2.70. The zero-order chi connectivity index (χ0) is 23.8. The van der Waals surface area contributed by atoms with Crippen LogP contribution < -0.4 is 20.3 Å². The van der Waals surface area contributed by atoms with Gasteiger partial charge in [-0.05, 0) is 49.7 Å². The van der Waals surface area contributed by atoms with Crippen LogP contribution in [-0.2, 0) is 21.4 Å². The molecule has 33 heavy (non-hydrogen) atoms. The van der Waals surface area contributed by atoms with Crippen molar-refractivity contribution >= 4 is 21.8 Å². The second kappa shape index (κ2) is 10.8. The van der Waals surface area contributed by atoms with Gasteiger partial charge < -0.3 is 4.74 Å². The van der Waals surface area contributed by atoms with E-state index in [2.05, 4.69) is 15.6 Å². The molecule has 2 amide bonds. The fraction of sp³-hybridized carbons (Fsp3) is 0.167. The molecule has 0 aliphatic carbocycles. The summed E-state index contributed by atoms with van der Waals surface area (Å²) in [6, 6.07) is 21.8. The average Bonchev–Trinajstić information content (AvgIpc) is 2.83. The number of aryl methyl sites for hydroxylation is 1. The molecule has 1 unspecified atom stereocenters. The number of hydrazine groups is 1. The zero-order valence-electron chi connectivity index (χ0n) is 18.2. The van der Waals surface area contributed by atoms with Crippen molar-refractivity contribution in [3.63, 3.8) is 0 Å². The lowest BCUT2D eigenvalue weighted by atomic mass is 10.2. The molecule has 3 N–H and O–H groups in total. The second-order valence-electron chi connectivity index (χ2n) is 7.35. The molecule has 0 saturated heterocycles. The maximum Gasteiger partial charge on any atom is 0.279 e. The number of carbonyl (C=O) groups excluding carboxylic acids is 2. The molecule has 3 aromatic rings. The second-order valence-corrected chi connectivity index (χ2v) is 9.12. The Morgan fingerprint density at radius 2 is 1.61 bits per heavy atom. The topological polar surface area (TPSA) is 114 Å². The molecule has 0 aliphatic heterocycles. The van der Waals surface area contributed by atoms with Crippen molar-refractivity contribution in [3.05, 3.63) is 95.6 Å². The Bertz CT molecular complexity index is 1210. The Balaban J connectivity index is 1.57. The van der Waals surface area contributed by atoms with Gasteiger partial charge in [0.25, 0.3) is 11.8 Å². The van der Waals surface area contributed by atoms with Gasteiger partial charge in [-0.25, -0.2) is 13.1 Å². The maximum absolute atomic E-state index is 12.6. The van der Waals surface area contributed by atoms with E-state index in [0.29, 0.717) is 5.75 Å². The maximum atomic E-state index is 12.6. The lowest BCUT2D eigenvalue weighted by Gasteiger charge is -2.15. The average molecular weight is 468 g/mol. The smallest absolute Gasteiger partial charge is 0.279 e. The number of ether oxygens (including phenoxy) is 1. The van der Waals surface area contributed by atoms with E-state index < -0.39 is 27.9 Å². The summed E-state index contributed by atoms with van der Waals surface area (Å²) in [4.78, 5) is 24.6. The van der Waals surface area contributed by atoms with Crippen LogP contribution in [0.5, 0.6) is 5.75 Å². The first-order valence-electron chi connectivity index (χ1n) is 10.2. The van der Waals surface area contributed by atoms with Gasteiger partial charge >= 0.3 is 0 Å². The highest BCUT2D eigenvalue weighted by Crippen LogP contribution is 2.14. The molecule has 3 rings (SSSR count). The van der Waals surface area contributed by atoms with E-state index in [-0.39, 0.29) is 17.0 Å². The Labute approximate surface area is 193 Å². The highest BCUT2D eigenvalue weighted by molar-refractivity contribution is 7.89. The lowest BCUT2D eigenvalue weighted by molar-refractivity contribution is -0.128. The van der Waals surface area contributed by atoms with Gasteiger partial charge in [0, 0.05) is 12.1 Å².